The zero-order valence-corrected chi connectivity index (χ0v) is 21.5. The first kappa shape index (κ1) is 24.0. The van der Waals surface area contributed by atoms with Gasteiger partial charge < -0.3 is 15.8 Å². The molecule has 0 spiro atoms. The Kier molecular flexibility index (Phi) is 6.73. The lowest BCUT2D eigenvalue weighted by Gasteiger charge is -2.26. The predicted octanol–water partition coefficient (Wildman–Crippen LogP) is 2.43. The van der Waals surface area contributed by atoms with Gasteiger partial charge in [-0.15, -0.1) is 34.0 Å². The van der Waals surface area contributed by atoms with Crippen LogP contribution in [0.4, 0.5) is 0 Å². The second kappa shape index (κ2) is 10.1. The van der Waals surface area contributed by atoms with Gasteiger partial charge in [-0.25, -0.2) is 4.79 Å². The molecule has 0 fully saturated rings. The summed E-state index contributed by atoms with van der Waals surface area (Å²) in [5.74, 6) is -1.88. The van der Waals surface area contributed by atoms with Gasteiger partial charge in [-0.3, -0.25) is 14.2 Å². The maximum Gasteiger partial charge on any atom is 0.338 e. The molecule has 3 aromatic heterocycles. The number of amides is 1. The molecule has 1 unspecified atom stereocenters. The van der Waals surface area contributed by atoms with Crippen molar-refractivity contribution in [3.8, 4) is 0 Å². The van der Waals surface area contributed by atoms with E-state index in [0.29, 0.717) is 9.20 Å². The third kappa shape index (κ3) is 4.34. The maximum absolute atomic E-state index is 13.8. The van der Waals surface area contributed by atoms with E-state index in [2.05, 4.69) is 5.32 Å². The van der Waals surface area contributed by atoms with Crippen molar-refractivity contribution >= 4 is 63.4 Å². The highest BCUT2D eigenvalue weighted by Crippen LogP contribution is 2.39. The number of nitrogens with zero attached hydrogens (tertiary/aromatic N) is 1. The fourth-order valence-corrected chi connectivity index (χ4v) is 6.84. The summed E-state index contributed by atoms with van der Waals surface area (Å²) in [6.45, 7) is 0.289. The Labute approximate surface area is 218 Å². The van der Waals surface area contributed by atoms with E-state index in [1.807, 2.05) is 65.4 Å². The van der Waals surface area contributed by atoms with Crippen molar-refractivity contribution in [1.82, 2.24) is 9.88 Å². The van der Waals surface area contributed by atoms with E-state index < -0.39 is 11.9 Å². The van der Waals surface area contributed by atoms with Crippen LogP contribution in [0.15, 0.2) is 75.7 Å². The van der Waals surface area contributed by atoms with Crippen molar-refractivity contribution in [3.63, 3.8) is 0 Å². The molecule has 3 N–H and O–H groups in total. The van der Waals surface area contributed by atoms with Gasteiger partial charge in [0.2, 0.25) is 0 Å². The number of esters is 1. The van der Waals surface area contributed by atoms with Gasteiger partial charge in [0.25, 0.3) is 11.5 Å². The van der Waals surface area contributed by atoms with Crippen molar-refractivity contribution in [3.05, 3.63) is 106 Å². The van der Waals surface area contributed by atoms with Crippen LogP contribution in [0.3, 0.4) is 0 Å². The molecule has 10 heteroatoms. The fourth-order valence-electron chi connectivity index (χ4n) is 4.09. The normalized spacial score (nSPS) is 15.6. The Bertz CT molecular complexity index is 1630. The number of hydrogen-bond acceptors (Lipinski definition) is 8. The second-order valence-corrected chi connectivity index (χ2v) is 10.9. The van der Waals surface area contributed by atoms with Crippen molar-refractivity contribution in [2.24, 2.45) is 5.73 Å². The van der Waals surface area contributed by atoms with Crippen LogP contribution >= 0.6 is 34.0 Å². The van der Waals surface area contributed by atoms with E-state index in [9.17, 15) is 14.4 Å². The summed E-state index contributed by atoms with van der Waals surface area (Å²) in [5, 5.41) is 6.75. The van der Waals surface area contributed by atoms with Crippen LogP contribution in [-0.2, 0) is 20.9 Å². The Morgan fingerprint density at radius 1 is 1.06 bits per heavy atom. The van der Waals surface area contributed by atoms with E-state index in [1.54, 1.807) is 6.08 Å². The van der Waals surface area contributed by atoms with E-state index in [4.69, 9.17) is 10.5 Å². The smallest absolute Gasteiger partial charge is 0.338 e. The number of benzene rings is 1. The van der Waals surface area contributed by atoms with Gasteiger partial charge in [0.05, 0.1) is 28.7 Å². The quantitative estimate of drug-likeness (QED) is 0.369. The van der Waals surface area contributed by atoms with Crippen molar-refractivity contribution in [1.29, 1.82) is 0 Å². The number of ether oxygens (including phenoxy) is 1. The van der Waals surface area contributed by atoms with E-state index in [-0.39, 0.29) is 35.0 Å². The maximum atomic E-state index is 13.8. The summed E-state index contributed by atoms with van der Waals surface area (Å²) in [4.78, 5) is 41.9. The molecule has 0 aliphatic carbocycles. The summed E-state index contributed by atoms with van der Waals surface area (Å²) in [7, 11) is 1.26. The number of thiazole rings is 1. The number of carbonyl (C=O) groups is 2. The zero-order chi connectivity index (χ0) is 25.2. The van der Waals surface area contributed by atoms with Crippen LogP contribution in [0, 0.1) is 0 Å². The Balaban J connectivity index is 1.76. The van der Waals surface area contributed by atoms with Crippen molar-refractivity contribution in [2.75, 3.05) is 7.11 Å². The van der Waals surface area contributed by atoms with Crippen LogP contribution in [0.1, 0.15) is 21.2 Å². The van der Waals surface area contributed by atoms with Crippen LogP contribution in [0.25, 0.3) is 17.5 Å². The molecule has 0 saturated heterocycles. The lowest BCUT2D eigenvalue weighted by molar-refractivity contribution is -0.136. The van der Waals surface area contributed by atoms with Gasteiger partial charge >= 0.3 is 5.97 Å². The van der Waals surface area contributed by atoms with E-state index in [0.717, 1.165) is 15.3 Å². The number of fused-ring (bicyclic) bond motifs is 1. The molecular formula is C26H21N3O4S3. The van der Waals surface area contributed by atoms with E-state index in [1.165, 1.54) is 45.7 Å². The highest BCUT2D eigenvalue weighted by atomic mass is 32.1. The molecule has 36 heavy (non-hydrogen) atoms. The highest BCUT2D eigenvalue weighted by molar-refractivity contribution is 7.11. The molecule has 0 radical (unpaired) electrons. The lowest BCUT2D eigenvalue weighted by atomic mass is 9.87. The molecule has 1 amide bonds. The van der Waals surface area contributed by atoms with Gasteiger partial charge in [-0.1, -0.05) is 42.5 Å². The highest BCUT2D eigenvalue weighted by Gasteiger charge is 2.39. The predicted molar refractivity (Wildman–Crippen MR) is 144 cm³/mol. The number of thiophene rings is 2. The fraction of sp³-hybridized carbons (Fsp3) is 0.115. The zero-order valence-electron chi connectivity index (χ0n) is 19.1. The number of aromatic nitrogens is 1. The van der Waals surface area contributed by atoms with Gasteiger partial charge in [0.1, 0.15) is 10.5 Å². The van der Waals surface area contributed by atoms with Crippen LogP contribution in [0.2, 0.25) is 0 Å². The Morgan fingerprint density at radius 2 is 1.81 bits per heavy atom. The summed E-state index contributed by atoms with van der Waals surface area (Å²) in [6.07, 6.45) is 1.77. The topological polar surface area (TPSA) is 103 Å². The summed E-state index contributed by atoms with van der Waals surface area (Å²) < 4.78 is 7.14. The SMILES string of the molecule is COC(=O)C1=C(N)n2c(s/c(=C/c3cccs3)c2=O)=C(C(=O)NCc2ccccc2)C1c1cccs1. The molecule has 7 nitrogen and oxygen atoms in total. The largest absolute Gasteiger partial charge is 0.466 e. The molecule has 0 bridgehead atoms. The third-order valence-corrected chi connectivity index (χ3v) is 8.60. The van der Waals surface area contributed by atoms with Crippen LogP contribution in [-0.4, -0.2) is 23.6 Å². The molecule has 1 aliphatic rings. The minimum absolute atomic E-state index is 0.0260. The van der Waals surface area contributed by atoms with E-state index >= 15 is 0 Å². The average Bonchev–Trinajstić information content (AvgIpc) is 3.66. The second-order valence-electron chi connectivity index (χ2n) is 7.89. The minimum Gasteiger partial charge on any atom is -0.466 e. The molecule has 1 aliphatic heterocycles. The molecule has 0 saturated carbocycles. The van der Waals surface area contributed by atoms with Crippen LogP contribution < -0.4 is 25.8 Å². The molecule has 5 rings (SSSR count). The molecule has 1 atom stereocenters. The monoisotopic (exact) mass is 535 g/mol. The lowest BCUT2D eigenvalue weighted by Crippen LogP contribution is -2.43. The third-order valence-electron chi connectivity index (χ3n) is 5.74. The van der Waals surface area contributed by atoms with Gasteiger partial charge in [0.15, 0.2) is 0 Å². The number of methoxy groups -OCH3 is 1. The number of nitrogens with two attached hydrogens (primary N) is 1. The van der Waals surface area contributed by atoms with Crippen molar-refractivity contribution in [2.45, 2.75) is 12.5 Å². The van der Waals surface area contributed by atoms with Gasteiger partial charge in [-0.2, -0.15) is 0 Å². The average molecular weight is 536 g/mol. The summed E-state index contributed by atoms with van der Waals surface area (Å²) in [6, 6.07) is 17.0. The first-order valence-electron chi connectivity index (χ1n) is 10.9. The van der Waals surface area contributed by atoms with Gasteiger partial charge in [0, 0.05) is 16.3 Å². The Hall–Kier alpha value is -3.73. The number of hydrogen-bond donors (Lipinski definition) is 2. The summed E-state index contributed by atoms with van der Waals surface area (Å²) >= 11 is 4.08. The van der Waals surface area contributed by atoms with Gasteiger partial charge in [-0.05, 0) is 34.5 Å². The molecular weight excluding hydrogens is 515 g/mol. The Morgan fingerprint density at radius 3 is 2.47 bits per heavy atom. The molecule has 4 aromatic rings. The summed E-state index contributed by atoms with van der Waals surface area (Å²) in [5.41, 5.74) is 7.37. The molecule has 4 heterocycles. The van der Waals surface area contributed by atoms with Crippen LogP contribution in [0.5, 0.6) is 0 Å². The minimum atomic E-state index is -0.777. The first-order valence-corrected chi connectivity index (χ1v) is 13.5. The number of rotatable bonds is 6. The number of nitrogens with one attached hydrogen (secondary N) is 1. The number of carbonyl (C=O) groups excluding carboxylic acids is 2. The first-order chi connectivity index (χ1) is 17.5. The molecule has 182 valence electrons. The van der Waals surface area contributed by atoms with Crippen molar-refractivity contribution < 1.29 is 14.3 Å². The standard InChI is InChI=1S/C26H21N3O4S3/c1-33-26(32)20-19(17-10-6-12-35-17)21(23(30)28-14-15-7-3-2-4-8-15)25-29(22(20)27)24(31)18(36-25)13-16-9-5-11-34-16/h2-13,19H,14,27H2,1H3,(H,28,30)/b18-13+. The molecule has 1 aromatic carbocycles.